The molecule has 2 heteroatoms. The Hall–Kier alpha value is -0.530. The van der Waals surface area contributed by atoms with Crippen molar-refractivity contribution in [1.82, 2.24) is 5.32 Å². The highest BCUT2D eigenvalue weighted by Gasteiger charge is 2.26. The van der Waals surface area contributed by atoms with Crippen molar-refractivity contribution in [2.45, 2.75) is 72.3 Å². The fourth-order valence-corrected chi connectivity index (χ4v) is 2.35. The average Bonchev–Trinajstić information content (AvgIpc) is 2.43. The Balaban J connectivity index is 2.44. The SMILES string of the molecule is C[C@@H](NC(=O)C(C)(C)C)C1CCCCCC1. The Labute approximate surface area is 100 Å². The number of hydrogen-bond donors (Lipinski definition) is 1. The molecule has 0 saturated heterocycles. The third-order valence-corrected chi connectivity index (χ3v) is 3.65. The first-order valence-electron chi connectivity index (χ1n) is 6.72. The molecule has 1 aliphatic carbocycles. The van der Waals surface area contributed by atoms with Gasteiger partial charge >= 0.3 is 0 Å². The maximum Gasteiger partial charge on any atom is 0.225 e. The normalized spacial score (nSPS) is 21.2. The molecular weight excluding hydrogens is 198 g/mol. The van der Waals surface area contributed by atoms with Crippen LogP contribution in [0.1, 0.15) is 66.2 Å². The van der Waals surface area contributed by atoms with E-state index in [9.17, 15) is 4.79 Å². The molecule has 0 radical (unpaired) electrons. The zero-order chi connectivity index (χ0) is 12.2. The van der Waals surface area contributed by atoms with Crippen molar-refractivity contribution in [3.05, 3.63) is 0 Å². The molecule has 0 aromatic heterocycles. The van der Waals surface area contributed by atoms with Gasteiger partial charge in [-0.1, -0.05) is 46.5 Å². The minimum absolute atomic E-state index is 0.184. The van der Waals surface area contributed by atoms with Crippen molar-refractivity contribution < 1.29 is 4.79 Å². The molecule has 1 atom stereocenters. The van der Waals surface area contributed by atoms with Gasteiger partial charge in [-0.05, 0) is 25.7 Å². The molecule has 0 aromatic rings. The van der Waals surface area contributed by atoms with E-state index in [2.05, 4.69) is 12.2 Å². The molecule has 0 heterocycles. The summed E-state index contributed by atoms with van der Waals surface area (Å²) in [6.45, 7) is 8.09. The van der Waals surface area contributed by atoms with Crippen molar-refractivity contribution in [3.8, 4) is 0 Å². The summed E-state index contributed by atoms with van der Waals surface area (Å²) in [6.07, 6.45) is 7.98. The Morgan fingerprint density at radius 1 is 1.12 bits per heavy atom. The minimum atomic E-state index is -0.265. The summed E-state index contributed by atoms with van der Waals surface area (Å²) in [6, 6.07) is 0.338. The van der Waals surface area contributed by atoms with Crippen molar-refractivity contribution in [3.63, 3.8) is 0 Å². The van der Waals surface area contributed by atoms with E-state index in [-0.39, 0.29) is 11.3 Å². The van der Waals surface area contributed by atoms with Gasteiger partial charge in [0, 0.05) is 11.5 Å². The van der Waals surface area contributed by atoms with E-state index in [4.69, 9.17) is 0 Å². The van der Waals surface area contributed by atoms with Gasteiger partial charge in [0.1, 0.15) is 0 Å². The van der Waals surface area contributed by atoms with E-state index < -0.39 is 0 Å². The van der Waals surface area contributed by atoms with Crippen LogP contribution in [0, 0.1) is 11.3 Å². The van der Waals surface area contributed by atoms with Crippen LogP contribution in [-0.4, -0.2) is 11.9 Å². The Bertz CT molecular complexity index is 221. The summed E-state index contributed by atoms with van der Waals surface area (Å²) < 4.78 is 0. The number of amides is 1. The van der Waals surface area contributed by atoms with Crippen LogP contribution >= 0.6 is 0 Å². The number of carbonyl (C=O) groups is 1. The second kappa shape index (κ2) is 5.70. The first-order chi connectivity index (χ1) is 7.41. The van der Waals surface area contributed by atoms with Crippen molar-refractivity contribution in [1.29, 1.82) is 0 Å². The van der Waals surface area contributed by atoms with Gasteiger partial charge in [0.05, 0.1) is 0 Å². The number of hydrogen-bond acceptors (Lipinski definition) is 1. The van der Waals surface area contributed by atoms with Gasteiger partial charge in [-0.2, -0.15) is 0 Å². The lowest BCUT2D eigenvalue weighted by molar-refractivity contribution is -0.129. The fourth-order valence-electron chi connectivity index (χ4n) is 2.35. The Morgan fingerprint density at radius 3 is 2.06 bits per heavy atom. The molecule has 0 bridgehead atoms. The van der Waals surface area contributed by atoms with Crippen LogP contribution in [0.25, 0.3) is 0 Å². The maximum absolute atomic E-state index is 11.9. The van der Waals surface area contributed by atoms with Crippen molar-refractivity contribution in [2.75, 3.05) is 0 Å². The lowest BCUT2D eigenvalue weighted by Gasteiger charge is -2.27. The highest BCUT2D eigenvalue weighted by molar-refractivity contribution is 5.81. The minimum Gasteiger partial charge on any atom is -0.353 e. The standard InChI is InChI=1S/C14H27NO/c1-11(15-13(16)14(2,3)4)12-9-7-5-6-8-10-12/h11-12H,5-10H2,1-4H3,(H,15,16)/t11-/m1/s1. The first kappa shape index (κ1) is 13.5. The topological polar surface area (TPSA) is 29.1 Å². The largest absolute Gasteiger partial charge is 0.353 e. The molecule has 0 spiro atoms. The zero-order valence-electron chi connectivity index (χ0n) is 11.3. The van der Waals surface area contributed by atoms with E-state index in [1.54, 1.807) is 0 Å². The molecule has 1 N–H and O–H groups in total. The molecule has 0 unspecified atom stereocenters. The van der Waals surface area contributed by atoms with Gasteiger partial charge < -0.3 is 5.32 Å². The second-order valence-corrected chi connectivity index (χ2v) is 6.26. The highest BCUT2D eigenvalue weighted by atomic mass is 16.2. The lowest BCUT2D eigenvalue weighted by Crippen LogP contribution is -2.43. The molecular formula is C14H27NO. The quantitative estimate of drug-likeness (QED) is 0.716. The summed E-state index contributed by atoms with van der Waals surface area (Å²) in [4.78, 5) is 11.9. The maximum atomic E-state index is 11.9. The van der Waals surface area contributed by atoms with Crippen LogP contribution < -0.4 is 5.32 Å². The van der Waals surface area contributed by atoms with E-state index in [1.165, 1.54) is 38.5 Å². The zero-order valence-corrected chi connectivity index (χ0v) is 11.3. The summed E-state index contributed by atoms with van der Waals surface area (Å²) in [5.41, 5.74) is -0.265. The van der Waals surface area contributed by atoms with Gasteiger partial charge in [0.15, 0.2) is 0 Å². The van der Waals surface area contributed by atoms with Crippen molar-refractivity contribution >= 4 is 5.91 Å². The summed E-state index contributed by atoms with van der Waals surface area (Å²) in [5.74, 6) is 0.873. The fraction of sp³-hybridized carbons (Fsp3) is 0.929. The Kier molecular flexibility index (Phi) is 4.82. The molecule has 94 valence electrons. The van der Waals surface area contributed by atoms with Crippen LogP contribution in [-0.2, 0) is 4.79 Å². The summed E-state index contributed by atoms with van der Waals surface area (Å²) >= 11 is 0. The van der Waals surface area contributed by atoms with E-state index in [0.717, 1.165) is 0 Å². The summed E-state index contributed by atoms with van der Waals surface area (Å²) in [5, 5.41) is 3.18. The number of carbonyl (C=O) groups excluding carboxylic acids is 1. The lowest BCUT2D eigenvalue weighted by atomic mass is 9.90. The number of nitrogens with one attached hydrogen (secondary N) is 1. The van der Waals surface area contributed by atoms with Crippen molar-refractivity contribution in [2.24, 2.45) is 11.3 Å². The molecule has 1 fully saturated rings. The highest BCUT2D eigenvalue weighted by Crippen LogP contribution is 2.26. The molecule has 1 aliphatic rings. The molecule has 2 nitrogen and oxygen atoms in total. The van der Waals surface area contributed by atoms with Crippen LogP contribution in [0.3, 0.4) is 0 Å². The molecule has 0 aliphatic heterocycles. The predicted octanol–water partition coefficient (Wildman–Crippen LogP) is 3.51. The summed E-state index contributed by atoms with van der Waals surface area (Å²) in [7, 11) is 0. The predicted molar refractivity (Wildman–Crippen MR) is 68.3 cm³/mol. The molecule has 0 aromatic carbocycles. The Morgan fingerprint density at radius 2 is 1.62 bits per heavy atom. The van der Waals surface area contributed by atoms with E-state index in [0.29, 0.717) is 12.0 Å². The third kappa shape index (κ3) is 4.15. The van der Waals surface area contributed by atoms with Gasteiger partial charge in [0.2, 0.25) is 5.91 Å². The first-order valence-corrected chi connectivity index (χ1v) is 6.72. The van der Waals surface area contributed by atoms with Gasteiger partial charge in [-0.15, -0.1) is 0 Å². The average molecular weight is 225 g/mol. The van der Waals surface area contributed by atoms with Crippen LogP contribution in [0.5, 0.6) is 0 Å². The smallest absolute Gasteiger partial charge is 0.225 e. The van der Waals surface area contributed by atoms with Crippen LogP contribution in [0.2, 0.25) is 0 Å². The molecule has 1 saturated carbocycles. The van der Waals surface area contributed by atoms with E-state index >= 15 is 0 Å². The van der Waals surface area contributed by atoms with Gasteiger partial charge in [0.25, 0.3) is 0 Å². The molecule has 1 rings (SSSR count). The third-order valence-electron chi connectivity index (χ3n) is 3.65. The number of rotatable bonds is 2. The monoisotopic (exact) mass is 225 g/mol. The van der Waals surface area contributed by atoms with Gasteiger partial charge in [-0.25, -0.2) is 0 Å². The molecule has 1 amide bonds. The van der Waals surface area contributed by atoms with Crippen LogP contribution in [0.4, 0.5) is 0 Å². The van der Waals surface area contributed by atoms with E-state index in [1.807, 2.05) is 20.8 Å². The molecule has 16 heavy (non-hydrogen) atoms. The van der Waals surface area contributed by atoms with Gasteiger partial charge in [-0.3, -0.25) is 4.79 Å². The van der Waals surface area contributed by atoms with Crippen LogP contribution in [0.15, 0.2) is 0 Å². The second-order valence-electron chi connectivity index (χ2n) is 6.26.